The molecule has 0 bridgehead atoms. The third-order valence-corrected chi connectivity index (χ3v) is 9.34. The molecule has 4 rings (SSSR count). The second kappa shape index (κ2) is 5.86. The number of hydrogen-bond donors (Lipinski definition) is 0. The molecule has 0 radical (unpaired) electrons. The number of nitrogens with zero attached hydrogens (tertiary/aromatic N) is 1. The summed E-state index contributed by atoms with van der Waals surface area (Å²) in [5, 5.41) is 0. The summed E-state index contributed by atoms with van der Waals surface area (Å²) < 4.78 is 0. The lowest BCUT2D eigenvalue weighted by molar-refractivity contribution is -0.144. The second-order valence-electron chi connectivity index (χ2n) is 10.3. The Balaban J connectivity index is 1.69. The topological polar surface area (TPSA) is 20.3 Å². The molecule has 1 heterocycles. The lowest BCUT2D eigenvalue weighted by atomic mass is 9.45. The Morgan fingerprint density at radius 2 is 1.96 bits per heavy atom. The summed E-state index contributed by atoms with van der Waals surface area (Å²) >= 11 is 0. The van der Waals surface area contributed by atoms with Gasteiger partial charge >= 0.3 is 0 Å². The smallest absolute Gasteiger partial charge is 0.246 e. The van der Waals surface area contributed by atoms with Gasteiger partial charge in [0.25, 0.3) is 0 Å². The van der Waals surface area contributed by atoms with E-state index in [1.54, 1.807) is 0 Å². The van der Waals surface area contributed by atoms with Crippen molar-refractivity contribution in [3.8, 4) is 0 Å². The van der Waals surface area contributed by atoms with E-state index in [9.17, 15) is 4.79 Å². The number of hydrogen-bond acceptors (Lipinski definition) is 1. The quantitative estimate of drug-likeness (QED) is 0.667. The van der Waals surface area contributed by atoms with Crippen LogP contribution in [0.25, 0.3) is 0 Å². The maximum Gasteiger partial charge on any atom is 0.246 e. The molecule has 1 amide bonds. The predicted octanol–water partition coefficient (Wildman–Crippen LogP) is 5.29. The number of rotatable bonds is 2. The summed E-state index contributed by atoms with van der Waals surface area (Å²) in [7, 11) is 2.03. The van der Waals surface area contributed by atoms with Crippen molar-refractivity contribution in [2.24, 2.45) is 40.4 Å². The van der Waals surface area contributed by atoms with E-state index in [1.807, 2.05) is 13.1 Å². The summed E-state index contributed by atoms with van der Waals surface area (Å²) in [5.41, 5.74) is 0.763. The second-order valence-corrected chi connectivity index (χ2v) is 10.3. The Morgan fingerprint density at radius 1 is 1.20 bits per heavy atom. The Labute approximate surface area is 154 Å². The van der Waals surface area contributed by atoms with Gasteiger partial charge in [0.05, 0.1) is 0 Å². The highest BCUT2D eigenvalue weighted by Crippen LogP contribution is 2.67. The lowest BCUT2D eigenvalue weighted by Gasteiger charge is -2.62. The predicted molar refractivity (Wildman–Crippen MR) is 103 cm³/mol. The number of likely N-dealkylation sites (N-methyl/N-ethyl adjacent to an activating group) is 1. The van der Waals surface area contributed by atoms with Crippen LogP contribution in [0.15, 0.2) is 12.2 Å². The van der Waals surface area contributed by atoms with Crippen molar-refractivity contribution < 1.29 is 4.79 Å². The molecule has 2 nitrogen and oxygen atoms in total. The van der Waals surface area contributed by atoms with E-state index in [0.717, 1.165) is 29.6 Å². The first kappa shape index (κ1) is 17.6. The summed E-state index contributed by atoms with van der Waals surface area (Å²) in [5.74, 6) is 4.42. The third-order valence-electron chi connectivity index (χ3n) is 9.34. The number of carbonyl (C=O) groups is 1. The van der Waals surface area contributed by atoms with Crippen molar-refractivity contribution in [2.75, 3.05) is 7.05 Å². The van der Waals surface area contributed by atoms with Crippen LogP contribution >= 0.6 is 0 Å². The first-order chi connectivity index (χ1) is 11.8. The van der Waals surface area contributed by atoms with E-state index in [2.05, 4.69) is 38.7 Å². The van der Waals surface area contributed by atoms with Crippen LogP contribution in [0.3, 0.4) is 0 Å². The average molecular weight is 344 g/mol. The van der Waals surface area contributed by atoms with Gasteiger partial charge in [-0.3, -0.25) is 4.79 Å². The summed E-state index contributed by atoms with van der Waals surface area (Å²) in [6.07, 6.45) is 13.8. The lowest BCUT2D eigenvalue weighted by Crippen LogP contribution is -2.61. The highest BCUT2D eigenvalue weighted by atomic mass is 16.2. The Kier molecular flexibility index (Phi) is 4.13. The minimum atomic E-state index is 0.185. The van der Waals surface area contributed by atoms with E-state index in [4.69, 9.17) is 0 Å². The first-order valence-corrected chi connectivity index (χ1v) is 10.8. The number of fused-ring (bicyclic) bond motifs is 5. The van der Waals surface area contributed by atoms with Crippen LogP contribution in [0.2, 0.25) is 0 Å². The molecule has 0 unspecified atom stereocenters. The Bertz CT molecular complexity index is 583. The molecular formula is C23H37NO. The molecule has 25 heavy (non-hydrogen) atoms. The monoisotopic (exact) mass is 343 g/mol. The van der Waals surface area contributed by atoms with Gasteiger partial charge in [0.15, 0.2) is 0 Å². The van der Waals surface area contributed by atoms with Crippen LogP contribution in [0.5, 0.6) is 0 Å². The normalized spacial score (nSPS) is 51.9. The molecule has 3 fully saturated rings. The van der Waals surface area contributed by atoms with E-state index in [-0.39, 0.29) is 11.3 Å². The van der Waals surface area contributed by atoms with Crippen molar-refractivity contribution in [1.29, 1.82) is 0 Å². The molecule has 0 aromatic carbocycles. The van der Waals surface area contributed by atoms with Gasteiger partial charge in [-0.15, -0.1) is 0 Å². The van der Waals surface area contributed by atoms with E-state index in [0.29, 0.717) is 11.5 Å². The maximum absolute atomic E-state index is 12.2. The molecule has 4 aliphatic rings. The largest absolute Gasteiger partial charge is 0.338 e. The minimum Gasteiger partial charge on any atom is -0.338 e. The van der Waals surface area contributed by atoms with Crippen molar-refractivity contribution in [1.82, 2.24) is 4.90 Å². The minimum absolute atomic E-state index is 0.185. The van der Waals surface area contributed by atoms with Crippen LogP contribution in [-0.2, 0) is 4.79 Å². The van der Waals surface area contributed by atoms with Crippen molar-refractivity contribution >= 4 is 5.91 Å². The molecule has 140 valence electrons. The number of amides is 1. The summed E-state index contributed by atoms with van der Waals surface area (Å²) in [4.78, 5) is 14.3. The van der Waals surface area contributed by atoms with Gasteiger partial charge in [-0.05, 0) is 73.2 Å². The molecule has 0 aromatic heterocycles. The molecular weight excluding hydrogens is 306 g/mol. The van der Waals surface area contributed by atoms with Gasteiger partial charge < -0.3 is 4.90 Å². The fraction of sp³-hybridized carbons (Fsp3) is 0.870. The van der Waals surface area contributed by atoms with E-state index < -0.39 is 0 Å². The number of carbonyl (C=O) groups excluding carboxylic acids is 1. The average Bonchev–Trinajstić information content (AvgIpc) is 2.91. The molecule has 0 saturated heterocycles. The van der Waals surface area contributed by atoms with Gasteiger partial charge in [-0.2, -0.15) is 0 Å². The SMILES string of the molecule is CCC[C@H]1CC[C@H]2[C@@H]3[C@@H](C)C[C@H]4N(C)C(=O)C=C[C@]4(C)[C@H]3CC[C@]12C. The molecule has 0 N–H and O–H groups in total. The first-order valence-electron chi connectivity index (χ1n) is 10.8. The van der Waals surface area contributed by atoms with Crippen LogP contribution in [0.4, 0.5) is 0 Å². The van der Waals surface area contributed by atoms with Gasteiger partial charge in [-0.1, -0.05) is 46.6 Å². The van der Waals surface area contributed by atoms with Gasteiger partial charge in [0, 0.05) is 18.5 Å². The van der Waals surface area contributed by atoms with Crippen LogP contribution in [0, 0.1) is 40.4 Å². The highest BCUT2D eigenvalue weighted by molar-refractivity contribution is 5.89. The van der Waals surface area contributed by atoms with Gasteiger partial charge in [0.1, 0.15) is 0 Å². The van der Waals surface area contributed by atoms with E-state index >= 15 is 0 Å². The zero-order valence-electron chi connectivity index (χ0n) is 16.9. The molecule has 0 spiro atoms. The molecule has 3 saturated carbocycles. The molecule has 0 aromatic rings. The third kappa shape index (κ3) is 2.31. The Hall–Kier alpha value is -0.790. The van der Waals surface area contributed by atoms with E-state index in [1.165, 1.54) is 44.9 Å². The fourth-order valence-corrected chi connectivity index (χ4v) is 7.99. The van der Waals surface area contributed by atoms with Crippen molar-refractivity contribution in [3.05, 3.63) is 12.2 Å². The van der Waals surface area contributed by atoms with Gasteiger partial charge in [-0.25, -0.2) is 0 Å². The summed E-state index contributed by atoms with van der Waals surface area (Å²) in [6, 6.07) is 0.401. The van der Waals surface area contributed by atoms with Crippen LogP contribution in [0.1, 0.15) is 72.6 Å². The molecule has 2 heteroatoms. The van der Waals surface area contributed by atoms with Crippen molar-refractivity contribution in [2.45, 2.75) is 78.7 Å². The van der Waals surface area contributed by atoms with Crippen molar-refractivity contribution in [3.63, 3.8) is 0 Å². The molecule has 3 aliphatic carbocycles. The maximum atomic E-state index is 12.2. The zero-order valence-corrected chi connectivity index (χ0v) is 16.9. The standard InChI is InChI=1S/C23H37NO/c1-6-7-16-8-9-17-21-15(2)14-19-23(4,13-11-20(25)24(19)5)18(21)10-12-22(16,17)3/h11,13,15-19,21H,6-10,12,14H2,1-5H3/t15-,16-,17-,18-,19+,21-,22+,23+/m0/s1. The zero-order chi connectivity index (χ0) is 18.0. The fourth-order valence-electron chi connectivity index (χ4n) is 7.99. The summed E-state index contributed by atoms with van der Waals surface area (Å²) in [6.45, 7) is 9.94. The molecule has 8 atom stereocenters. The van der Waals surface area contributed by atoms with Crippen LogP contribution in [-0.4, -0.2) is 23.9 Å². The Morgan fingerprint density at radius 3 is 2.68 bits per heavy atom. The van der Waals surface area contributed by atoms with Crippen LogP contribution < -0.4 is 0 Å². The van der Waals surface area contributed by atoms with Gasteiger partial charge in [0.2, 0.25) is 5.91 Å². The highest BCUT2D eigenvalue weighted by Gasteiger charge is 2.61. The molecule has 1 aliphatic heterocycles.